The van der Waals surface area contributed by atoms with Crippen molar-refractivity contribution in [1.82, 2.24) is 0 Å². The molecule has 0 aliphatic rings. The van der Waals surface area contributed by atoms with Gasteiger partial charge in [-0.2, -0.15) is 5.26 Å². The molecular weight excluding hydrogens is 250 g/mol. The lowest BCUT2D eigenvalue weighted by molar-refractivity contribution is 0.102. The fourth-order valence-electron chi connectivity index (χ4n) is 1.49. The van der Waals surface area contributed by atoms with Crippen molar-refractivity contribution in [3.63, 3.8) is 0 Å². The summed E-state index contributed by atoms with van der Waals surface area (Å²) in [5, 5.41) is 11.2. The predicted molar refractivity (Wildman–Crippen MR) is 65.5 cm³/mol. The number of benzene rings is 2. The molecule has 1 amide bonds. The number of halogens is 2. The van der Waals surface area contributed by atoms with Crippen LogP contribution in [-0.4, -0.2) is 5.91 Å². The summed E-state index contributed by atoms with van der Waals surface area (Å²) in [4.78, 5) is 11.8. The average Bonchev–Trinajstić information content (AvgIpc) is 2.41. The number of hydrogen-bond acceptors (Lipinski definition) is 2. The zero-order chi connectivity index (χ0) is 13.8. The van der Waals surface area contributed by atoms with E-state index < -0.39 is 17.5 Å². The van der Waals surface area contributed by atoms with E-state index in [1.54, 1.807) is 6.07 Å². The Labute approximate surface area is 108 Å². The number of carbonyl (C=O) groups excluding carboxylic acids is 1. The normalized spacial score (nSPS) is 9.74. The molecule has 0 spiro atoms. The van der Waals surface area contributed by atoms with Gasteiger partial charge >= 0.3 is 0 Å². The van der Waals surface area contributed by atoms with Gasteiger partial charge in [0.05, 0.1) is 5.56 Å². The smallest absolute Gasteiger partial charge is 0.255 e. The van der Waals surface area contributed by atoms with E-state index >= 15 is 0 Å². The number of carbonyl (C=O) groups is 1. The van der Waals surface area contributed by atoms with Crippen molar-refractivity contribution in [2.24, 2.45) is 0 Å². The second-order valence-corrected chi connectivity index (χ2v) is 3.77. The highest BCUT2D eigenvalue weighted by Crippen LogP contribution is 2.15. The molecule has 2 aromatic rings. The van der Waals surface area contributed by atoms with E-state index in [1.165, 1.54) is 36.4 Å². The molecule has 19 heavy (non-hydrogen) atoms. The lowest BCUT2D eigenvalue weighted by Crippen LogP contribution is -2.12. The van der Waals surface area contributed by atoms with Gasteiger partial charge in [-0.3, -0.25) is 4.79 Å². The first kappa shape index (κ1) is 12.7. The number of anilines is 1. The standard InChI is InChI=1S/C14H8F2N2O/c15-11-3-1-9(2-4-11)14(19)18-12-5-6-13(16)10(7-12)8-17/h1-7H,(H,18,19). The molecule has 0 saturated carbocycles. The Bertz CT molecular complexity index is 660. The molecule has 0 radical (unpaired) electrons. The Morgan fingerprint density at radius 1 is 1.11 bits per heavy atom. The van der Waals surface area contributed by atoms with E-state index in [0.29, 0.717) is 5.69 Å². The molecule has 94 valence electrons. The van der Waals surface area contributed by atoms with Crippen molar-refractivity contribution in [3.05, 3.63) is 65.2 Å². The van der Waals surface area contributed by atoms with Crippen LogP contribution in [0.5, 0.6) is 0 Å². The van der Waals surface area contributed by atoms with Crippen molar-refractivity contribution < 1.29 is 13.6 Å². The SMILES string of the molecule is N#Cc1cc(NC(=O)c2ccc(F)cc2)ccc1F. The lowest BCUT2D eigenvalue weighted by Gasteiger charge is -2.05. The molecule has 1 N–H and O–H groups in total. The largest absolute Gasteiger partial charge is 0.322 e. The average molecular weight is 258 g/mol. The highest BCUT2D eigenvalue weighted by atomic mass is 19.1. The Hall–Kier alpha value is -2.74. The van der Waals surface area contributed by atoms with Gasteiger partial charge in [-0.25, -0.2) is 8.78 Å². The zero-order valence-electron chi connectivity index (χ0n) is 9.65. The van der Waals surface area contributed by atoms with E-state index in [2.05, 4.69) is 5.32 Å². The van der Waals surface area contributed by atoms with Crippen molar-refractivity contribution in [2.75, 3.05) is 5.32 Å². The first-order chi connectivity index (χ1) is 9.10. The van der Waals surface area contributed by atoms with Gasteiger partial charge in [-0.1, -0.05) is 0 Å². The molecule has 0 saturated heterocycles. The third-order valence-corrected chi connectivity index (χ3v) is 2.45. The quantitative estimate of drug-likeness (QED) is 0.899. The molecule has 0 fully saturated rings. The molecule has 0 bridgehead atoms. The van der Waals surface area contributed by atoms with Crippen LogP contribution in [-0.2, 0) is 0 Å². The molecule has 0 unspecified atom stereocenters. The van der Waals surface area contributed by atoms with Gasteiger partial charge in [-0.15, -0.1) is 0 Å². The molecule has 2 aromatic carbocycles. The Morgan fingerprint density at radius 3 is 2.42 bits per heavy atom. The number of nitrogens with zero attached hydrogens (tertiary/aromatic N) is 1. The van der Waals surface area contributed by atoms with Crippen molar-refractivity contribution in [3.8, 4) is 6.07 Å². The third-order valence-electron chi connectivity index (χ3n) is 2.45. The van der Waals surface area contributed by atoms with Crippen LogP contribution in [0, 0.1) is 23.0 Å². The minimum absolute atomic E-state index is 0.156. The van der Waals surface area contributed by atoms with Gasteiger partial charge in [0.1, 0.15) is 17.7 Å². The van der Waals surface area contributed by atoms with E-state index in [4.69, 9.17) is 5.26 Å². The van der Waals surface area contributed by atoms with Gasteiger partial charge in [0, 0.05) is 11.3 Å². The molecule has 0 aromatic heterocycles. The number of nitrogens with one attached hydrogen (secondary N) is 1. The van der Waals surface area contributed by atoms with E-state index in [9.17, 15) is 13.6 Å². The monoisotopic (exact) mass is 258 g/mol. The van der Waals surface area contributed by atoms with Crippen LogP contribution >= 0.6 is 0 Å². The zero-order valence-corrected chi connectivity index (χ0v) is 9.65. The van der Waals surface area contributed by atoms with Gasteiger partial charge in [0.2, 0.25) is 0 Å². The minimum Gasteiger partial charge on any atom is -0.322 e. The Balaban J connectivity index is 2.20. The molecule has 2 rings (SSSR count). The fraction of sp³-hybridized carbons (Fsp3) is 0. The highest BCUT2D eigenvalue weighted by molar-refractivity contribution is 6.04. The summed E-state index contributed by atoms with van der Waals surface area (Å²) in [6, 6.07) is 10.4. The second-order valence-electron chi connectivity index (χ2n) is 3.77. The minimum atomic E-state index is -0.651. The van der Waals surface area contributed by atoms with Crippen molar-refractivity contribution >= 4 is 11.6 Å². The first-order valence-electron chi connectivity index (χ1n) is 5.37. The third kappa shape index (κ3) is 2.93. The number of hydrogen-bond donors (Lipinski definition) is 1. The Kier molecular flexibility index (Phi) is 3.53. The molecule has 0 heterocycles. The van der Waals surface area contributed by atoms with Crippen LogP contribution in [0.25, 0.3) is 0 Å². The first-order valence-corrected chi connectivity index (χ1v) is 5.37. The number of rotatable bonds is 2. The molecular formula is C14H8F2N2O. The summed E-state index contributed by atoms with van der Waals surface area (Å²) in [5.41, 5.74) is 0.411. The number of nitriles is 1. The predicted octanol–water partition coefficient (Wildman–Crippen LogP) is 3.09. The maximum absolute atomic E-state index is 13.1. The van der Waals surface area contributed by atoms with Gasteiger partial charge in [0.25, 0.3) is 5.91 Å². The van der Waals surface area contributed by atoms with Crippen molar-refractivity contribution in [1.29, 1.82) is 5.26 Å². The maximum atomic E-state index is 13.1. The summed E-state index contributed by atoms with van der Waals surface area (Å²) in [5.74, 6) is -1.55. The van der Waals surface area contributed by atoms with E-state index in [1.807, 2.05) is 0 Å². The van der Waals surface area contributed by atoms with Gasteiger partial charge in [0.15, 0.2) is 0 Å². The summed E-state index contributed by atoms with van der Waals surface area (Å²) in [6.45, 7) is 0. The van der Waals surface area contributed by atoms with E-state index in [-0.39, 0.29) is 11.1 Å². The summed E-state index contributed by atoms with van der Waals surface area (Å²) >= 11 is 0. The fourth-order valence-corrected chi connectivity index (χ4v) is 1.49. The van der Waals surface area contributed by atoms with Crippen LogP contribution in [0.4, 0.5) is 14.5 Å². The number of amides is 1. The molecule has 0 aliphatic heterocycles. The van der Waals surface area contributed by atoms with Crippen LogP contribution in [0.1, 0.15) is 15.9 Å². The van der Waals surface area contributed by atoms with Crippen LogP contribution in [0.15, 0.2) is 42.5 Å². The molecule has 5 heteroatoms. The van der Waals surface area contributed by atoms with Gasteiger partial charge < -0.3 is 5.32 Å². The molecule has 0 atom stereocenters. The molecule has 3 nitrogen and oxygen atoms in total. The topological polar surface area (TPSA) is 52.9 Å². The van der Waals surface area contributed by atoms with Gasteiger partial charge in [-0.05, 0) is 42.5 Å². The van der Waals surface area contributed by atoms with Crippen LogP contribution < -0.4 is 5.32 Å². The lowest BCUT2D eigenvalue weighted by atomic mass is 10.1. The van der Waals surface area contributed by atoms with Crippen LogP contribution in [0.3, 0.4) is 0 Å². The Morgan fingerprint density at radius 2 is 1.79 bits per heavy atom. The van der Waals surface area contributed by atoms with Crippen LogP contribution in [0.2, 0.25) is 0 Å². The maximum Gasteiger partial charge on any atom is 0.255 e. The summed E-state index contributed by atoms with van der Waals surface area (Å²) in [6.07, 6.45) is 0. The summed E-state index contributed by atoms with van der Waals surface area (Å²) in [7, 11) is 0. The van der Waals surface area contributed by atoms with E-state index in [0.717, 1.165) is 6.07 Å². The van der Waals surface area contributed by atoms with Crippen molar-refractivity contribution in [2.45, 2.75) is 0 Å². The molecule has 0 aliphatic carbocycles. The second kappa shape index (κ2) is 5.27. The highest BCUT2D eigenvalue weighted by Gasteiger charge is 2.08. The summed E-state index contributed by atoms with van der Waals surface area (Å²) < 4.78 is 25.8.